The van der Waals surface area contributed by atoms with Gasteiger partial charge in [0.05, 0.1) is 11.8 Å². The topological polar surface area (TPSA) is 75.3 Å². The Morgan fingerprint density at radius 1 is 1.45 bits per heavy atom. The van der Waals surface area contributed by atoms with Crippen LogP contribution in [0.1, 0.15) is 36.9 Å². The summed E-state index contributed by atoms with van der Waals surface area (Å²) in [5, 5.41) is 5.54. The highest BCUT2D eigenvalue weighted by Crippen LogP contribution is 2.31. The van der Waals surface area contributed by atoms with E-state index in [1.165, 1.54) is 18.4 Å². The molecule has 0 saturated heterocycles. The molecule has 2 rings (SSSR count). The lowest BCUT2D eigenvalue weighted by Gasteiger charge is -2.18. The quantitative estimate of drug-likeness (QED) is 0.867. The highest BCUT2D eigenvalue weighted by molar-refractivity contribution is 7.90. The minimum Gasteiger partial charge on any atom is -0.336 e. The van der Waals surface area contributed by atoms with Crippen molar-refractivity contribution in [2.75, 3.05) is 12.0 Å². The van der Waals surface area contributed by atoms with Gasteiger partial charge in [-0.3, -0.25) is 0 Å². The zero-order chi connectivity index (χ0) is 16.3. The van der Waals surface area contributed by atoms with E-state index in [2.05, 4.69) is 10.6 Å². The van der Waals surface area contributed by atoms with Crippen LogP contribution in [0.25, 0.3) is 0 Å². The van der Waals surface area contributed by atoms with Gasteiger partial charge in [-0.05, 0) is 49.4 Å². The number of rotatable bonds is 5. The molecule has 0 spiro atoms. The Morgan fingerprint density at radius 3 is 2.86 bits per heavy atom. The van der Waals surface area contributed by atoms with Gasteiger partial charge in [0.15, 0.2) is 0 Å². The number of benzene rings is 1. The smallest absolute Gasteiger partial charge is 0.315 e. The highest BCUT2D eigenvalue weighted by Gasteiger charge is 2.24. The summed E-state index contributed by atoms with van der Waals surface area (Å²) in [4.78, 5) is 12.0. The number of nitrogens with one attached hydrogen (secondary N) is 2. The van der Waals surface area contributed by atoms with E-state index in [1.807, 2.05) is 0 Å². The average molecular weight is 328 g/mol. The van der Waals surface area contributed by atoms with E-state index >= 15 is 0 Å². The summed E-state index contributed by atoms with van der Waals surface area (Å²) in [6, 6.07) is 3.83. The molecule has 1 aliphatic rings. The lowest BCUT2D eigenvalue weighted by molar-refractivity contribution is 0.233. The molecule has 22 heavy (non-hydrogen) atoms. The van der Waals surface area contributed by atoms with Crippen LogP contribution in [0.3, 0.4) is 0 Å². The summed E-state index contributed by atoms with van der Waals surface area (Å²) in [7, 11) is -3.04. The van der Waals surface area contributed by atoms with E-state index in [0.29, 0.717) is 6.42 Å². The van der Waals surface area contributed by atoms with Gasteiger partial charge < -0.3 is 10.6 Å². The van der Waals surface area contributed by atoms with Gasteiger partial charge in [-0.1, -0.05) is 6.07 Å². The summed E-state index contributed by atoms with van der Waals surface area (Å²) < 4.78 is 35.5. The van der Waals surface area contributed by atoms with Gasteiger partial charge in [0, 0.05) is 12.3 Å². The second-order valence-corrected chi connectivity index (χ2v) is 8.13. The Morgan fingerprint density at radius 2 is 2.18 bits per heavy atom. The standard InChI is InChI=1S/C15H21FN2O3S/c1-10(7-8-22(2,20)21)17-15(19)18-14-6-4-11-3-5-12(16)9-13(11)14/h3,5,9-10,14H,4,6-8H2,1-2H3,(H2,17,18,19)/t10-,14-/m0/s1. The predicted molar refractivity (Wildman–Crippen MR) is 82.9 cm³/mol. The number of urea groups is 1. The molecule has 0 saturated carbocycles. The molecule has 2 atom stereocenters. The fraction of sp³-hybridized carbons (Fsp3) is 0.533. The molecule has 1 aliphatic carbocycles. The molecule has 122 valence electrons. The van der Waals surface area contributed by atoms with E-state index in [0.717, 1.165) is 24.0 Å². The fourth-order valence-electron chi connectivity index (χ4n) is 2.61. The van der Waals surface area contributed by atoms with Crippen LogP contribution in [0, 0.1) is 5.82 Å². The second-order valence-electron chi connectivity index (χ2n) is 5.87. The maximum atomic E-state index is 13.3. The molecule has 0 aromatic heterocycles. The number of aryl methyl sites for hydroxylation is 1. The second kappa shape index (κ2) is 6.64. The highest BCUT2D eigenvalue weighted by atomic mass is 32.2. The molecule has 1 aromatic rings. The number of sulfone groups is 1. The van der Waals surface area contributed by atoms with Crippen molar-refractivity contribution in [2.45, 2.75) is 38.3 Å². The molecule has 0 fully saturated rings. The Balaban J connectivity index is 1.87. The number of hydrogen-bond acceptors (Lipinski definition) is 3. The first kappa shape index (κ1) is 16.7. The molecule has 0 radical (unpaired) electrons. The van der Waals surface area contributed by atoms with E-state index in [1.54, 1.807) is 13.0 Å². The molecule has 2 amide bonds. The summed E-state index contributed by atoms with van der Waals surface area (Å²) in [6.45, 7) is 1.76. The Hall–Kier alpha value is -1.63. The van der Waals surface area contributed by atoms with Crippen molar-refractivity contribution in [3.05, 3.63) is 35.1 Å². The van der Waals surface area contributed by atoms with Gasteiger partial charge >= 0.3 is 6.03 Å². The number of carbonyl (C=O) groups excluding carboxylic acids is 1. The maximum absolute atomic E-state index is 13.3. The third kappa shape index (κ3) is 4.69. The third-order valence-corrected chi connectivity index (χ3v) is 4.77. The summed E-state index contributed by atoms with van der Waals surface area (Å²) in [6.07, 6.45) is 3.08. The van der Waals surface area contributed by atoms with Gasteiger partial charge in [0.1, 0.15) is 15.7 Å². The summed E-state index contributed by atoms with van der Waals surface area (Å²) in [5.41, 5.74) is 1.87. The largest absolute Gasteiger partial charge is 0.336 e. The van der Waals surface area contributed by atoms with Crippen LogP contribution in [0.2, 0.25) is 0 Å². The van der Waals surface area contributed by atoms with E-state index in [-0.39, 0.29) is 29.7 Å². The zero-order valence-corrected chi connectivity index (χ0v) is 13.5. The van der Waals surface area contributed by atoms with Crippen LogP contribution in [-0.4, -0.2) is 32.5 Å². The molecule has 0 unspecified atom stereocenters. The summed E-state index contributed by atoms with van der Waals surface area (Å²) in [5.74, 6) is -0.277. The van der Waals surface area contributed by atoms with Crippen LogP contribution in [0.5, 0.6) is 0 Å². The number of amides is 2. The SMILES string of the molecule is C[C@@H](CCS(C)(=O)=O)NC(=O)N[C@H]1CCc2ccc(F)cc21. The van der Waals surface area contributed by atoms with Crippen LogP contribution in [0.15, 0.2) is 18.2 Å². The Bertz CT molecular complexity index is 661. The first-order valence-electron chi connectivity index (χ1n) is 7.27. The van der Waals surface area contributed by atoms with Gasteiger partial charge in [0.2, 0.25) is 0 Å². The first-order valence-corrected chi connectivity index (χ1v) is 9.34. The minimum atomic E-state index is -3.04. The van der Waals surface area contributed by atoms with Crippen LogP contribution < -0.4 is 10.6 Å². The van der Waals surface area contributed by atoms with Crippen molar-refractivity contribution in [3.8, 4) is 0 Å². The van der Waals surface area contributed by atoms with Crippen molar-refractivity contribution in [3.63, 3.8) is 0 Å². The Kier molecular flexibility index (Phi) is 5.05. The lowest BCUT2D eigenvalue weighted by Crippen LogP contribution is -2.42. The number of carbonyl (C=O) groups is 1. The van der Waals surface area contributed by atoms with E-state index < -0.39 is 9.84 Å². The summed E-state index contributed by atoms with van der Waals surface area (Å²) >= 11 is 0. The molecular weight excluding hydrogens is 307 g/mol. The lowest BCUT2D eigenvalue weighted by atomic mass is 10.1. The number of hydrogen-bond donors (Lipinski definition) is 2. The third-order valence-electron chi connectivity index (χ3n) is 3.79. The zero-order valence-electron chi connectivity index (χ0n) is 12.7. The van der Waals surface area contributed by atoms with Gasteiger partial charge in [-0.25, -0.2) is 17.6 Å². The maximum Gasteiger partial charge on any atom is 0.315 e. The molecule has 2 N–H and O–H groups in total. The number of halogens is 1. The molecule has 1 aromatic carbocycles. The van der Waals surface area contributed by atoms with Crippen LogP contribution in [-0.2, 0) is 16.3 Å². The molecule has 0 aliphatic heterocycles. The van der Waals surface area contributed by atoms with Gasteiger partial charge in [-0.15, -0.1) is 0 Å². The molecule has 0 bridgehead atoms. The van der Waals surface area contributed by atoms with Gasteiger partial charge in [-0.2, -0.15) is 0 Å². The monoisotopic (exact) mass is 328 g/mol. The van der Waals surface area contributed by atoms with Crippen molar-refractivity contribution < 1.29 is 17.6 Å². The van der Waals surface area contributed by atoms with E-state index in [4.69, 9.17) is 0 Å². The first-order chi connectivity index (χ1) is 10.2. The minimum absolute atomic E-state index is 0.0337. The van der Waals surface area contributed by atoms with E-state index in [9.17, 15) is 17.6 Å². The molecule has 0 heterocycles. The van der Waals surface area contributed by atoms with Crippen LogP contribution in [0.4, 0.5) is 9.18 Å². The molecule has 5 nitrogen and oxygen atoms in total. The van der Waals surface area contributed by atoms with Crippen molar-refractivity contribution in [1.82, 2.24) is 10.6 Å². The van der Waals surface area contributed by atoms with Crippen molar-refractivity contribution >= 4 is 15.9 Å². The van der Waals surface area contributed by atoms with Gasteiger partial charge in [0.25, 0.3) is 0 Å². The number of fused-ring (bicyclic) bond motifs is 1. The molecule has 7 heteroatoms. The molecular formula is C15H21FN2O3S. The fourth-order valence-corrected chi connectivity index (χ4v) is 3.39. The predicted octanol–water partition coefficient (Wildman–Crippen LogP) is 1.94. The average Bonchev–Trinajstić information content (AvgIpc) is 2.78. The normalized spacial score (nSPS) is 18.6. The Labute approximate surface area is 130 Å². The van der Waals surface area contributed by atoms with Crippen LogP contribution >= 0.6 is 0 Å². The van der Waals surface area contributed by atoms with Crippen molar-refractivity contribution in [2.24, 2.45) is 0 Å². The van der Waals surface area contributed by atoms with Crippen molar-refractivity contribution in [1.29, 1.82) is 0 Å².